The fourth-order valence-electron chi connectivity index (χ4n) is 5.33. The molecule has 48 heavy (non-hydrogen) atoms. The van der Waals surface area contributed by atoms with Gasteiger partial charge in [-0.3, -0.25) is 19.2 Å². The van der Waals surface area contributed by atoms with Crippen LogP contribution in [0.3, 0.4) is 0 Å². The molecule has 4 aromatic rings. The van der Waals surface area contributed by atoms with Gasteiger partial charge >= 0.3 is 5.97 Å². The Morgan fingerprint density at radius 1 is 0.750 bits per heavy atom. The maximum absolute atomic E-state index is 13.5. The monoisotopic (exact) mass is 644 g/mol. The minimum atomic E-state index is -1.16. The summed E-state index contributed by atoms with van der Waals surface area (Å²) >= 11 is 0. The highest BCUT2D eigenvalue weighted by atomic mass is 19.1. The van der Waals surface area contributed by atoms with Crippen LogP contribution in [0.2, 0.25) is 0 Å². The van der Waals surface area contributed by atoms with Crippen LogP contribution in [0.25, 0.3) is 0 Å². The molecule has 1 atom stereocenters. The summed E-state index contributed by atoms with van der Waals surface area (Å²) in [5.41, 5.74) is 3.04. The predicted molar refractivity (Wildman–Crippen MR) is 174 cm³/mol. The molecule has 12 heteroatoms. The third kappa shape index (κ3) is 7.81. The van der Waals surface area contributed by atoms with Crippen molar-refractivity contribution in [3.05, 3.63) is 130 Å². The number of carbonyl (C=O) groups is 4. The van der Waals surface area contributed by atoms with Gasteiger partial charge in [-0.15, -0.1) is 0 Å². The number of anilines is 2. The molecule has 1 unspecified atom stereocenters. The van der Waals surface area contributed by atoms with Crippen LogP contribution in [0.4, 0.5) is 15.8 Å². The predicted octanol–water partition coefficient (Wildman–Crippen LogP) is 4.73. The average molecular weight is 645 g/mol. The summed E-state index contributed by atoms with van der Waals surface area (Å²) in [4.78, 5) is 55.1. The minimum absolute atomic E-state index is 0.140. The number of carboxylic acids is 1. The first-order chi connectivity index (χ1) is 23.1. The molecule has 0 bridgehead atoms. The SMILES string of the molecule is N#Cc1ccc(C(=O)Nc2cc(C(=O)NC(CC(=O)O)c3ccc(F)cc3)ccc2N2CCN(C(=O)c3ccc(C#N)cc3)CC2)cc1. The Hall–Kier alpha value is -6.53. The molecule has 5 rings (SSSR count). The van der Waals surface area contributed by atoms with E-state index in [2.05, 4.69) is 10.6 Å². The lowest BCUT2D eigenvalue weighted by Gasteiger charge is -2.37. The van der Waals surface area contributed by atoms with Gasteiger partial charge in [-0.2, -0.15) is 10.5 Å². The van der Waals surface area contributed by atoms with Crippen LogP contribution in [-0.2, 0) is 4.79 Å². The molecule has 3 amide bonds. The average Bonchev–Trinajstić information content (AvgIpc) is 3.11. The number of rotatable bonds is 9. The number of aliphatic carboxylic acids is 1. The minimum Gasteiger partial charge on any atom is -0.481 e. The Morgan fingerprint density at radius 3 is 1.88 bits per heavy atom. The van der Waals surface area contributed by atoms with E-state index in [9.17, 15) is 28.7 Å². The van der Waals surface area contributed by atoms with Crippen molar-refractivity contribution < 1.29 is 28.7 Å². The number of carboxylic acid groups (broad SMARTS) is 1. The van der Waals surface area contributed by atoms with Crippen molar-refractivity contribution in [1.29, 1.82) is 10.5 Å². The fourth-order valence-corrected chi connectivity index (χ4v) is 5.33. The number of carbonyl (C=O) groups excluding carboxylic acids is 3. The number of halogens is 1. The Bertz CT molecular complexity index is 1920. The normalized spacial score (nSPS) is 13.1. The molecule has 0 aromatic heterocycles. The van der Waals surface area contributed by atoms with Gasteiger partial charge in [-0.1, -0.05) is 12.1 Å². The Balaban J connectivity index is 1.39. The molecule has 1 aliphatic rings. The molecule has 11 nitrogen and oxygen atoms in total. The van der Waals surface area contributed by atoms with Crippen molar-refractivity contribution in [2.45, 2.75) is 12.5 Å². The third-order valence-corrected chi connectivity index (χ3v) is 7.91. The number of benzene rings is 4. The second-order valence-corrected chi connectivity index (χ2v) is 11.0. The maximum atomic E-state index is 13.5. The van der Waals surface area contributed by atoms with E-state index in [1.54, 1.807) is 41.3 Å². The molecule has 0 spiro atoms. The highest BCUT2D eigenvalue weighted by Gasteiger charge is 2.26. The van der Waals surface area contributed by atoms with Crippen LogP contribution in [0, 0.1) is 28.5 Å². The summed E-state index contributed by atoms with van der Waals surface area (Å²) in [5, 5.41) is 33.2. The largest absolute Gasteiger partial charge is 0.481 e. The molecule has 1 fully saturated rings. The fraction of sp³-hybridized carbons (Fsp3) is 0.167. The van der Waals surface area contributed by atoms with Crippen LogP contribution in [-0.4, -0.2) is 59.9 Å². The summed E-state index contributed by atoms with van der Waals surface area (Å²) in [6, 6.07) is 25.4. The van der Waals surface area contributed by atoms with Crippen molar-refractivity contribution >= 4 is 35.1 Å². The first kappa shape index (κ1) is 32.9. The first-order valence-electron chi connectivity index (χ1n) is 14.9. The Morgan fingerprint density at radius 2 is 1.31 bits per heavy atom. The van der Waals surface area contributed by atoms with Gasteiger partial charge in [-0.05, 0) is 84.4 Å². The molecule has 0 radical (unpaired) electrons. The van der Waals surface area contributed by atoms with Crippen LogP contribution in [0.5, 0.6) is 0 Å². The van der Waals surface area contributed by atoms with Gasteiger partial charge in [0.25, 0.3) is 17.7 Å². The molecule has 3 N–H and O–H groups in total. The summed E-state index contributed by atoms with van der Waals surface area (Å²) in [6.45, 7) is 1.58. The summed E-state index contributed by atoms with van der Waals surface area (Å²) in [7, 11) is 0. The standard InChI is InChI=1S/C36H29FN6O5/c37-29-12-9-25(10-13-29)30(20-33(44)45)40-35(47)28-11-14-32(31(19-28)41-34(46)26-5-1-23(21-38)2-6-26)42-15-17-43(18-16-42)36(48)27-7-3-24(22-39)4-8-27/h1-14,19,30H,15-18,20H2,(H,40,47)(H,41,46)(H,44,45). The van der Waals surface area contributed by atoms with E-state index in [1.807, 2.05) is 17.0 Å². The first-order valence-corrected chi connectivity index (χ1v) is 14.9. The lowest BCUT2D eigenvalue weighted by atomic mass is 10.0. The highest BCUT2D eigenvalue weighted by molar-refractivity contribution is 6.07. The molecule has 1 saturated heterocycles. The van der Waals surface area contributed by atoms with Crippen molar-refractivity contribution in [1.82, 2.24) is 10.2 Å². The number of nitriles is 2. The van der Waals surface area contributed by atoms with Crippen LogP contribution in [0.15, 0.2) is 91.0 Å². The van der Waals surface area contributed by atoms with Gasteiger partial charge in [0, 0.05) is 42.9 Å². The van der Waals surface area contributed by atoms with Gasteiger partial charge in [0.2, 0.25) is 0 Å². The van der Waals surface area contributed by atoms with E-state index >= 15 is 0 Å². The van der Waals surface area contributed by atoms with Crippen molar-refractivity contribution in [3.63, 3.8) is 0 Å². The maximum Gasteiger partial charge on any atom is 0.305 e. The van der Waals surface area contributed by atoms with Crippen LogP contribution in [0.1, 0.15) is 60.2 Å². The van der Waals surface area contributed by atoms with E-state index in [1.165, 1.54) is 54.6 Å². The van der Waals surface area contributed by atoms with Gasteiger partial charge in [0.1, 0.15) is 5.82 Å². The topological polar surface area (TPSA) is 167 Å². The highest BCUT2D eigenvalue weighted by Crippen LogP contribution is 2.30. The second kappa shape index (κ2) is 14.7. The molecule has 4 aromatic carbocycles. The Kier molecular flexibility index (Phi) is 10.1. The molecule has 1 heterocycles. The summed E-state index contributed by atoms with van der Waals surface area (Å²) in [6.07, 6.45) is -0.441. The van der Waals surface area contributed by atoms with Gasteiger partial charge < -0.3 is 25.5 Å². The summed E-state index contributed by atoms with van der Waals surface area (Å²) < 4.78 is 13.5. The summed E-state index contributed by atoms with van der Waals surface area (Å²) in [5.74, 6) is -2.92. The number of amides is 3. The van der Waals surface area contributed by atoms with Crippen molar-refractivity contribution in [2.75, 3.05) is 36.4 Å². The van der Waals surface area contributed by atoms with E-state index < -0.39 is 36.1 Å². The zero-order valence-electron chi connectivity index (χ0n) is 25.5. The second-order valence-electron chi connectivity index (χ2n) is 11.0. The zero-order valence-corrected chi connectivity index (χ0v) is 25.5. The lowest BCUT2D eigenvalue weighted by Crippen LogP contribution is -2.49. The molecule has 0 aliphatic carbocycles. The number of nitrogens with one attached hydrogen (secondary N) is 2. The smallest absolute Gasteiger partial charge is 0.305 e. The quantitative estimate of drug-likeness (QED) is 0.235. The number of nitrogens with zero attached hydrogens (tertiary/aromatic N) is 4. The molecule has 1 aliphatic heterocycles. The van der Waals surface area contributed by atoms with Crippen molar-refractivity contribution in [3.8, 4) is 12.1 Å². The molecular formula is C36H29FN6O5. The number of piperazine rings is 1. The van der Waals surface area contributed by atoms with Crippen LogP contribution < -0.4 is 15.5 Å². The third-order valence-electron chi connectivity index (χ3n) is 7.91. The van der Waals surface area contributed by atoms with E-state index in [-0.39, 0.29) is 17.0 Å². The number of hydrogen-bond acceptors (Lipinski definition) is 7. The van der Waals surface area contributed by atoms with E-state index in [0.29, 0.717) is 59.8 Å². The van der Waals surface area contributed by atoms with Gasteiger partial charge in [-0.25, -0.2) is 4.39 Å². The Labute approximate surface area is 275 Å². The van der Waals surface area contributed by atoms with Gasteiger partial charge in [0.05, 0.1) is 47.1 Å². The number of hydrogen-bond donors (Lipinski definition) is 3. The molecule has 240 valence electrons. The zero-order chi connectivity index (χ0) is 34.2. The van der Waals surface area contributed by atoms with Crippen LogP contribution >= 0.6 is 0 Å². The van der Waals surface area contributed by atoms with E-state index in [4.69, 9.17) is 10.5 Å². The van der Waals surface area contributed by atoms with Crippen molar-refractivity contribution in [2.24, 2.45) is 0 Å². The molecule has 0 saturated carbocycles. The van der Waals surface area contributed by atoms with Gasteiger partial charge in [0.15, 0.2) is 0 Å². The van der Waals surface area contributed by atoms with E-state index in [0.717, 1.165) is 0 Å². The molecular weight excluding hydrogens is 615 g/mol. The lowest BCUT2D eigenvalue weighted by molar-refractivity contribution is -0.137.